The number of fused-ring (bicyclic) bond motifs is 2. The first-order chi connectivity index (χ1) is 21.0. The van der Waals surface area contributed by atoms with Crippen LogP contribution in [0.3, 0.4) is 0 Å². The van der Waals surface area contributed by atoms with Gasteiger partial charge in [-0.3, -0.25) is 4.79 Å². The summed E-state index contributed by atoms with van der Waals surface area (Å²) in [4.78, 5) is 14.5. The molecule has 252 valence electrons. The zero-order chi connectivity index (χ0) is 33.1. The number of alkyl halides is 3. The van der Waals surface area contributed by atoms with Gasteiger partial charge in [-0.25, -0.2) is 8.42 Å². The van der Waals surface area contributed by atoms with Gasteiger partial charge in [-0.1, -0.05) is 12.1 Å². The number of carbonyl (C=O) groups excluding carboxylic acids is 1. The average Bonchev–Trinajstić information content (AvgIpc) is 3.58. The summed E-state index contributed by atoms with van der Waals surface area (Å²) in [5.41, 5.74) is 4.26. The molecule has 0 saturated heterocycles. The maximum atomic E-state index is 13.2. The molecule has 0 aromatic heterocycles. The van der Waals surface area contributed by atoms with Gasteiger partial charge in [0.15, 0.2) is 15.9 Å². The van der Waals surface area contributed by atoms with Crippen molar-refractivity contribution < 1.29 is 40.6 Å². The molecule has 0 fully saturated rings. The van der Waals surface area contributed by atoms with Crippen LogP contribution in [-0.2, 0) is 36.0 Å². The van der Waals surface area contributed by atoms with Crippen molar-refractivity contribution in [2.24, 2.45) is 0 Å². The van der Waals surface area contributed by atoms with E-state index in [1.54, 1.807) is 6.07 Å². The summed E-state index contributed by atoms with van der Waals surface area (Å²) < 4.78 is 79.3. The molecule has 1 N–H and O–H groups in total. The third kappa shape index (κ3) is 9.52. The van der Waals surface area contributed by atoms with Crippen molar-refractivity contribution >= 4 is 28.2 Å². The van der Waals surface area contributed by atoms with E-state index in [1.165, 1.54) is 16.0 Å². The van der Waals surface area contributed by atoms with E-state index in [-0.39, 0.29) is 53.9 Å². The minimum atomic E-state index is -4.65. The Morgan fingerprint density at radius 2 is 1.33 bits per heavy atom. The van der Waals surface area contributed by atoms with Gasteiger partial charge in [0.05, 0.1) is 22.7 Å². The van der Waals surface area contributed by atoms with Crippen molar-refractivity contribution in [2.75, 3.05) is 6.26 Å². The lowest BCUT2D eigenvalue weighted by atomic mass is 10.1. The molecule has 2 aliphatic heterocycles. The van der Waals surface area contributed by atoms with E-state index < -0.39 is 28.0 Å². The summed E-state index contributed by atoms with van der Waals surface area (Å²) in [6.07, 6.45) is -5.64. The van der Waals surface area contributed by atoms with E-state index in [1.807, 2.05) is 45.9 Å². The van der Waals surface area contributed by atoms with Gasteiger partial charge in [-0.2, -0.15) is 13.2 Å². The third-order valence-corrected chi connectivity index (χ3v) is 8.22. The molecule has 0 saturated carbocycles. The van der Waals surface area contributed by atoms with Crippen LogP contribution in [0.5, 0.6) is 17.2 Å². The summed E-state index contributed by atoms with van der Waals surface area (Å²) >= 11 is 0. The highest BCUT2D eigenvalue weighted by molar-refractivity contribution is 7.90. The van der Waals surface area contributed by atoms with Crippen LogP contribution in [0.2, 0.25) is 0 Å². The molecular formula is C33H40ClF3N2O6S. The number of nitrogens with one attached hydrogen (secondary N) is 1. The molecule has 1 atom stereocenters. The number of halogens is 4. The highest BCUT2D eigenvalue weighted by atomic mass is 35.5. The Hall–Kier alpha value is -3.48. The van der Waals surface area contributed by atoms with E-state index in [2.05, 4.69) is 17.4 Å². The molecule has 13 heteroatoms. The Kier molecular flexibility index (Phi) is 12.0. The second-order valence-electron chi connectivity index (χ2n) is 11.7. The van der Waals surface area contributed by atoms with Crippen LogP contribution in [0.1, 0.15) is 67.2 Å². The number of ether oxygens (including phenoxy) is 3. The van der Waals surface area contributed by atoms with Crippen molar-refractivity contribution in [1.82, 2.24) is 10.2 Å². The van der Waals surface area contributed by atoms with Crippen LogP contribution in [-0.4, -0.2) is 50.0 Å². The fourth-order valence-corrected chi connectivity index (χ4v) is 5.56. The lowest BCUT2D eigenvalue weighted by Gasteiger charge is -2.22. The molecule has 1 amide bonds. The molecule has 46 heavy (non-hydrogen) atoms. The molecule has 2 aliphatic rings. The SMILES string of the molecule is CC(C)Oc1ccc2c(c1)CN(C(=O)c1cc(S(C)(=O)=O)ccc1O[C@@H](C)C(F)(F)F)C2.CC(C)Oc1ccc2c(c1)CNC2.Cl. The first-order valence-corrected chi connectivity index (χ1v) is 16.5. The molecule has 3 aromatic carbocycles. The van der Waals surface area contributed by atoms with Gasteiger partial charge in [0.1, 0.15) is 17.2 Å². The number of amides is 1. The molecule has 0 radical (unpaired) electrons. The molecule has 0 bridgehead atoms. The molecule has 3 aromatic rings. The highest BCUT2D eigenvalue weighted by Crippen LogP contribution is 2.33. The van der Waals surface area contributed by atoms with Gasteiger partial charge in [0, 0.05) is 32.4 Å². The minimum absolute atomic E-state index is 0. The number of rotatable bonds is 8. The number of nitrogens with zero attached hydrogens (tertiary/aromatic N) is 1. The number of sulfone groups is 1. The number of hydrogen-bond donors (Lipinski definition) is 1. The van der Waals surface area contributed by atoms with Crippen molar-refractivity contribution in [3.8, 4) is 17.2 Å². The fraction of sp³-hybridized carbons (Fsp3) is 0.424. The number of carbonyl (C=O) groups is 1. The number of benzene rings is 3. The second-order valence-corrected chi connectivity index (χ2v) is 13.7. The molecular weight excluding hydrogens is 645 g/mol. The standard InChI is InChI=1S/C22H24F3NO5S.C11H15NO.ClH/c1-13(2)30-17-6-5-15-11-26(12-16(15)9-17)21(27)19-10-18(32(4,28)29)7-8-20(19)31-14(3)22(23,24)25;1-8(2)13-11-4-3-9-6-12-7-10(9)5-11;/h5-10,13-14H,11-12H2,1-4H3;3-5,8,12H,6-7H2,1-2H3;1H/t14-;;/m0../s1. The zero-order valence-corrected chi connectivity index (χ0v) is 28.2. The Morgan fingerprint density at radius 3 is 1.89 bits per heavy atom. The quantitative estimate of drug-likeness (QED) is 0.277. The zero-order valence-electron chi connectivity index (χ0n) is 26.6. The summed E-state index contributed by atoms with van der Waals surface area (Å²) in [6.45, 7) is 11.1. The van der Waals surface area contributed by atoms with E-state index in [4.69, 9.17) is 14.2 Å². The summed E-state index contributed by atoms with van der Waals surface area (Å²) in [7, 11) is -3.69. The second kappa shape index (κ2) is 15.0. The number of hydrogen-bond acceptors (Lipinski definition) is 7. The lowest BCUT2D eigenvalue weighted by Crippen LogP contribution is -2.32. The van der Waals surface area contributed by atoms with Gasteiger partial charge >= 0.3 is 6.18 Å². The van der Waals surface area contributed by atoms with Crippen LogP contribution in [0.4, 0.5) is 13.2 Å². The van der Waals surface area contributed by atoms with Crippen LogP contribution in [0.15, 0.2) is 59.5 Å². The topological polar surface area (TPSA) is 94.2 Å². The Balaban J connectivity index is 0.000000342. The Labute approximate surface area is 274 Å². The van der Waals surface area contributed by atoms with Crippen LogP contribution in [0, 0.1) is 0 Å². The van der Waals surface area contributed by atoms with Crippen LogP contribution < -0.4 is 19.5 Å². The minimum Gasteiger partial charge on any atom is -0.491 e. The molecule has 0 aliphatic carbocycles. The van der Waals surface area contributed by atoms with Gasteiger partial charge in [0.2, 0.25) is 0 Å². The largest absolute Gasteiger partial charge is 0.491 e. The third-order valence-electron chi connectivity index (χ3n) is 7.11. The van der Waals surface area contributed by atoms with Crippen LogP contribution in [0.25, 0.3) is 0 Å². The van der Waals surface area contributed by atoms with Gasteiger partial charge in [-0.05, 0) is 99.3 Å². The van der Waals surface area contributed by atoms with Gasteiger partial charge in [0.25, 0.3) is 5.91 Å². The maximum absolute atomic E-state index is 13.2. The predicted octanol–water partition coefficient (Wildman–Crippen LogP) is 6.86. The molecule has 0 unspecified atom stereocenters. The molecule has 0 spiro atoms. The van der Waals surface area contributed by atoms with E-state index in [0.29, 0.717) is 5.75 Å². The monoisotopic (exact) mass is 684 g/mol. The van der Waals surface area contributed by atoms with E-state index in [0.717, 1.165) is 61.3 Å². The fourth-order valence-electron chi connectivity index (χ4n) is 4.91. The normalized spacial score (nSPS) is 14.5. The summed E-state index contributed by atoms with van der Waals surface area (Å²) in [5.74, 6) is 0.682. The van der Waals surface area contributed by atoms with Crippen molar-refractivity contribution in [2.45, 2.75) is 90.2 Å². The summed E-state index contributed by atoms with van der Waals surface area (Å²) in [6, 6.07) is 15.0. The lowest BCUT2D eigenvalue weighted by molar-refractivity contribution is -0.189. The van der Waals surface area contributed by atoms with Crippen molar-refractivity contribution in [3.05, 3.63) is 82.4 Å². The van der Waals surface area contributed by atoms with Crippen molar-refractivity contribution in [3.63, 3.8) is 0 Å². The smallest absolute Gasteiger partial charge is 0.425 e. The van der Waals surface area contributed by atoms with Crippen molar-refractivity contribution in [1.29, 1.82) is 0 Å². The first kappa shape index (κ1) is 37.0. The molecule has 2 heterocycles. The average molecular weight is 685 g/mol. The van der Waals surface area contributed by atoms with E-state index >= 15 is 0 Å². The highest BCUT2D eigenvalue weighted by Gasteiger charge is 2.39. The Morgan fingerprint density at radius 1 is 0.783 bits per heavy atom. The van der Waals surface area contributed by atoms with Gasteiger partial charge in [-0.15, -0.1) is 12.4 Å². The first-order valence-electron chi connectivity index (χ1n) is 14.7. The Bertz CT molecular complexity index is 1650. The molecule has 5 rings (SSSR count). The van der Waals surface area contributed by atoms with Crippen LogP contribution >= 0.6 is 12.4 Å². The molecule has 8 nitrogen and oxygen atoms in total. The van der Waals surface area contributed by atoms with E-state index in [9.17, 15) is 26.4 Å². The maximum Gasteiger partial charge on any atom is 0.425 e. The van der Waals surface area contributed by atoms with Gasteiger partial charge < -0.3 is 24.4 Å². The predicted molar refractivity (Wildman–Crippen MR) is 171 cm³/mol. The summed E-state index contributed by atoms with van der Waals surface area (Å²) in [5, 5.41) is 3.31.